The number of carbonyl (C=O) groups excluding carboxylic acids is 1. The van der Waals surface area contributed by atoms with Crippen LogP contribution in [-0.4, -0.2) is 25.4 Å². The zero-order valence-corrected chi connectivity index (χ0v) is 10.3. The minimum atomic E-state index is -1.42. The van der Waals surface area contributed by atoms with Crippen LogP contribution in [0.5, 0.6) is 0 Å². The summed E-state index contributed by atoms with van der Waals surface area (Å²) >= 11 is 0. The fraction of sp³-hybridized carbons (Fsp3) is 0.462. The van der Waals surface area contributed by atoms with Crippen LogP contribution in [0.25, 0.3) is 0 Å². The minimum Gasteiger partial charge on any atom is -0.338 e. The van der Waals surface area contributed by atoms with Crippen LogP contribution in [0, 0.1) is 0 Å². The maximum atomic E-state index is 12.9. The van der Waals surface area contributed by atoms with E-state index in [2.05, 4.69) is 5.32 Å². The highest BCUT2D eigenvalue weighted by Crippen LogP contribution is 2.42. The zero-order chi connectivity index (χ0) is 13.5. The van der Waals surface area contributed by atoms with Crippen LogP contribution in [0.4, 0.5) is 10.1 Å². The third-order valence-corrected chi connectivity index (χ3v) is 3.32. The fourth-order valence-corrected chi connectivity index (χ4v) is 2.47. The second-order valence-electron chi connectivity index (χ2n) is 4.72. The molecule has 1 amide bonds. The number of halogens is 1. The molecule has 5 nitrogen and oxygen atoms in total. The number of benzene rings is 1. The van der Waals surface area contributed by atoms with Crippen LogP contribution in [-0.2, 0) is 26.5 Å². The number of anilines is 1. The van der Waals surface area contributed by atoms with Gasteiger partial charge in [-0.1, -0.05) is 6.07 Å². The first-order chi connectivity index (χ1) is 9.12. The van der Waals surface area contributed by atoms with Gasteiger partial charge in [-0.05, 0) is 24.1 Å². The van der Waals surface area contributed by atoms with Crippen molar-refractivity contribution in [2.75, 3.05) is 18.5 Å². The molecule has 2 aliphatic rings. The molecule has 0 radical (unpaired) electrons. The Morgan fingerprint density at radius 3 is 2.84 bits per heavy atom. The van der Waals surface area contributed by atoms with E-state index < -0.39 is 12.1 Å². The maximum absolute atomic E-state index is 12.9. The number of rotatable bonds is 2. The number of alkyl halides is 1. The molecule has 0 saturated carbocycles. The van der Waals surface area contributed by atoms with Crippen molar-refractivity contribution < 1.29 is 18.7 Å². The molecule has 2 heterocycles. The van der Waals surface area contributed by atoms with Crippen molar-refractivity contribution in [1.82, 2.24) is 0 Å². The molecular formula is C13H15FN2O3. The Bertz CT molecular complexity index is 513. The summed E-state index contributed by atoms with van der Waals surface area (Å²) in [6, 6.07) is 5.18. The maximum Gasteiger partial charge on any atom is 0.289 e. The van der Waals surface area contributed by atoms with E-state index in [1.807, 2.05) is 0 Å². The summed E-state index contributed by atoms with van der Waals surface area (Å²) in [5, 5.41) is 2.72. The van der Waals surface area contributed by atoms with E-state index >= 15 is 0 Å². The molecule has 0 bridgehead atoms. The highest BCUT2D eigenvalue weighted by molar-refractivity contribution is 6.04. The Kier molecular flexibility index (Phi) is 3.00. The van der Waals surface area contributed by atoms with Gasteiger partial charge in [0.2, 0.25) is 0 Å². The van der Waals surface area contributed by atoms with Gasteiger partial charge in [-0.2, -0.15) is 0 Å². The van der Waals surface area contributed by atoms with Crippen molar-refractivity contribution in [1.29, 1.82) is 0 Å². The van der Waals surface area contributed by atoms with Gasteiger partial charge in [0.15, 0.2) is 6.30 Å². The highest BCUT2D eigenvalue weighted by atomic mass is 19.1. The summed E-state index contributed by atoms with van der Waals surface area (Å²) < 4.78 is 24.0. The van der Waals surface area contributed by atoms with Gasteiger partial charge in [-0.25, -0.2) is 4.39 Å². The number of fused-ring (bicyclic) bond motifs is 2. The third kappa shape index (κ3) is 2.01. The van der Waals surface area contributed by atoms with Gasteiger partial charge in [-0.15, -0.1) is 0 Å². The molecular weight excluding hydrogens is 251 g/mol. The summed E-state index contributed by atoms with van der Waals surface area (Å²) in [6.45, 7) is 0.916. The molecule has 0 aromatic heterocycles. The monoisotopic (exact) mass is 266 g/mol. The van der Waals surface area contributed by atoms with Gasteiger partial charge in [-0.3, -0.25) is 4.79 Å². The number of ether oxygens (including phenoxy) is 2. The first kappa shape index (κ1) is 12.5. The van der Waals surface area contributed by atoms with Gasteiger partial charge in [0.05, 0.1) is 18.9 Å². The summed E-state index contributed by atoms with van der Waals surface area (Å²) in [6.07, 6.45) is -0.580. The lowest BCUT2D eigenvalue weighted by Crippen LogP contribution is -2.43. The number of hydrogen-bond acceptors (Lipinski definition) is 4. The van der Waals surface area contributed by atoms with Gasteiger partial charge >= 0.3 is 0 Å². The zero-order valence-electron chi connectivity index (χ0n) is 10.3. The lowest BCUT2D eigenvalue weighted by molar-refractivity contribution is -0.255. The number of amides is 1. The molecule has 19 heavy (non-hydrogen) atoms. The number of carbonyl (C=O) groups is 1. The topological polar surface area (TPSA) is 73.6 Å². The standard InChI is InChI=1S/C13H15FN2O3/c14-11(15)7-8-2-3-10-9(6-8)13(12(17)16-10)18-4-1-5-19-13/h2-3,6,11H,1,4-5,7,15H2,(H,16,17). The summed E-state index contributed by atoms with van der Waals surface area (Å²) in [4.78, 5) is 12.1. The van der Waals surface area contributed by atoms with Crippen LogP contribution in [0.3, 0.4) is 0 Å². The summed E-state index contributed by atoms with van der Waals surface area (Å²) in [5.41, 5.74) is 7.11. The number of nitrogens with one attached hydrogen (secondary N) is 1. The van der Waals surface area contributed by atoms with Crippen LogP contribution < -0.4 is 11.1 Å². The molecule has 1 atom stereocenters. The van der Waals surface area contributed by atoms with Crippen molar-refractivity contribution in [2.45, 2.75) is 24.9 Å². The van der Waals surface area contributed by atoms with Crippen LogP contribution in [0.1, 0.15) is 17.5 Å². The molecule has 1 spiro atoms. The Morgan fingerprint density at radius 2 is 2.16 bits per heavy atom. The quantitative estimate of drug-likeness (QED) is 0.784. The number of hydrogen-bond donors (Lipinski definition) is 2. The van der Waals surface area contributed by atoms with E-state index in [1.54, 1.807) is 18.2 Å². The number of nitrogens with two attached hydrogens (primary N) is 1. The van der Waals surface area contributed by atoms with Crippen LogP contribution >= 0.6 is 0 Å². The summed E-state index contributed by atoms with van der Waals surface area (Å²) in [5.74, 6) is -1.70. The molecule has 0 aliphatic carbocycles. The Labute approximate surface area is 109 Å². The SMILES string of the molecule is NC(F)Cc1ccc2c(c1)C1(OCCCO1)C(=O)N2. The fourth-order valence-electron chi connectivity index (χ4n) is 2.47. The van der Waals surface area contributed by atoms with Gasteiger partial charge in [0.1, 0.15) is 0 Å². The molecule has 6 heteroatoms. The van der Waals surface area contributed by atoms with E-state index in [0.29, 0.717) is 30.0 Å². The smallest absolute Gasteiger partial charge is 0.289 e. The second-order valence-corrected chi connectivity index (χ2v) is 4.72. The lowest BCUT2D eigenvalue weighted by atomic mass is 10.0. The normalized spacial score (nSPS) is 22.1. The van der Waals surface area contributed by atoms with Crippen molar-refractivity contribution in [2.24, 2.45) is 5.73 Å². The van der Waals surface area contributed by atoms with Crippen molar-refractivity contribution in [3.05, 3.63) is 29.3 Å². The van der Waals surface area contributed by atoms with E-state index in [-0.39, 0.29) is 12.3 Å². The third-order valence-electron chi connectivity index (χ3n) is 3.32. The average Bonchev–Trinajstić information content (AvgIpc) is 2.64. The van der Waals surface area contributed by atoms with Crippen LogP contribution in [0.2, 0.25) is 0 Å². The molecule has 1 unspecified atom stereocenters. The molecule has 3 N–H and O–H groups in total. The molecule has 3 rings (SSSR count). The van der Waals surface area contributed by atoms with E-state index in [9.17, 15) is 9.18 Å². The van der Waals surface area contributed by atoms with E-state index in [0.717, 1.165) is 6.42 Å². The lowest BCUT2D eigenvalue weighted by Gasteiger charge is -2.31. The Hall–Kier alpha value is -1.50. The largest absolute Gasteiger partial charge is 0.338 e. The minimum absolute atomic E-state index is 0.0948. The first-order valence-electron chi connectivity index (χ1n) is 6.24. The highest BCUT2D eigenvalue weighted by Gasteiger charge is 2.51. The molecule has 2 aliphatic heterocycles. The van der Waals surface area contributed by atoms with Gasteiger partial charge in [0, 0.05) is 12.0 Å². The van der Waals surface area contributed by atoms with Gasteiger partial charge in [0.25, 0.3) is 11.7 Å². The van der Waals surface area contributed by atoms with E-state index in [4.69, 9.17) is 15.2 Å². The average molecular weight is 266 g/mol. The predicted molar refractivity (Wildman–Crippen MR) is 66.1 cm³/mol. The molecule has 1 saturated heterocycles. The molecule has 1 aromatic carbocycles. The summed E-state index contributed by atoms with van der Waals surface area (Å²) in [7, 11) is 0. The van der Waals surface area contributed by atoms with Crippen molar-refractivity contribution in [3.63, 3.8) is 0 Å². The molecule has 1 fully saturated rings. The van der Waals surface area contributed by atoms with Crippen molar-refractivity contribution >= 4 is 11.6 Å². The van der Waals surface area contributed by atoms with Crippen LogP contribution in [0.15, 0.2) is 18.2 Å². The molecule has 1 aromatic rings. The molecule has 102 valence electrons. The second kappa shape index (κ2) is 4.56. The van der Waals surface area contributed by atoms with Crippen molar-refractivity contribution in [3.8, 4) is 0 Å². The van der Waals surface area contributed by atoms with E-state index in [1.165, 1.54) is 0 Å². The first-order valence-corrected chi connectivity index (χ1v) is 6.24. The Morgan fingerprint density at radius 1 is 1.42 bits per heavy atom. The predicted octanol–water partition coefficient (Wildman–Crippen LogP) is 1.03. The Balaban J connectivity index is 2.00. The van der Waals surface area contributed by atoms with Gasteiger partial charge < -0.3 is 20.5 Å².